The summed E-state index contributed by atoms with van der Waals surface area (Å²) in [5.74, 6) is 0. The first-order chi connectivity index (χ1) is 3.27. The van der Waals surface area contributed by atoms with Gasteiger partial charge in [-0.2, -0.15) is 0 Å². The molecule has 3 nitrogen and oxygen atoms in total. The minimum absolute atomic E-state index is 0.470. The van der Waals surface area contributed by atoms with Crippen LogP contribution in [-0.2, 0) is 3.07 Å². The molecule has 0 aliphatic carbocycles. The molecule has 0 bridgehead atoms. The Hall–Kier alpha value is 0.610. The van der Waals surface area contributed by atoms with Crippen molar-refractivity contribution in [1.82, 2.24) is 0 Å². The zero-order valence-corrected chi connectivity index (χ0v) is 6.25. The Morgan fingerprint density at radius 2 is 2.14 bits per heavy atom. The van der Waals surface area contributed by atoms with Crippen LogP contribution in [0.4, 0.5) is 0 Å². The quantitative estimate of drug-likeness (QED) is 0.686. The summed E-state index contributed by atoms with van der Waals surface area (Å²) in [5, 5.41) is 0. The number of hydrogen-bond donors (Lipinski definition) is 2. The van der Waals surface area contributed by atoms with Gasteiger partial charge in [0.2, 0.25) is 0 Å². The Kier molecular flexibility index (Phi) is 5.18. The second kappa shape index (κ2) is 4.76. The molecule has 7 heavy (non-hydrogen) atoms. The molecule has 0 atom stereocenters. The zero-order chi connectivity index (χ0) is 5.70. The summed E-state index contributed by atoms with van der Waals surface area (Å²) < 4.78 is 20.8. The molecule has 0 aromatic rings. The molecule has 0 rings (SSSR count). The van der Waals surface area contributed by atoms with E-state index in [-0.39, 0.29) is 0 Å². The van der Waals surface area contributed by atoms with Crippen molar-refractivity contribution in [3.8, 4) is 0 Å². The van der Waals surface area contributed by atoms with E-state index in [0.29, 0.717) is 6.61 Å². The summed E-state index contributed by atoms with van der Waals surface area (Å²) in [4.78, 5) is 0. The summed E-state index contributed by atoms with van der Waals surface area (Å²) in [7, 11) is 0. The standard InChI is InChI=1S/C3H9IO3/c1-2-3-7-4(5)6/h5-6H,2-3H2,1H3. The van der Waals surface area contributed by atoms with Crippen molar-refractivity contribution in [1.29, 1.82) is 0 Å². The summed E-state index contributed by atoms with van der Waals surface area (Å²) >= 11 is -2.83. The molecule has 2 N–H and O–H groups in total. The number of halogens is 1. The molecule has 0 amide bonds. The molecule has 0 aromatic heterocycles. The van der Waals surface area contributed by atoms with E-state index in [2.05, 4.69) is 3.07 Å². The van der Waals surface area contributed by atoms with Crippen molar-refractivity contribution in [3.63, 3.8) is 0 Å². The third kappa shape index (κ3) is 6.61. The van der Waals surface area contributed by atoms with Crippen LogP contribution in [0.25, 0.3) is 0 Å². The topological polar surface area (TPSA) is 49.7 Å². The van der Waals surface area contributed by atoms with Gasteiger partial charge in [0.25, 0.3) is 0 Å². The van der Waals surface area contributed by atoms with Crippen LogP contribution in [0.3, 0.4) is 0 Å². The van der Waals surface area contributed by atoms with E-state index in [9.17, 15) is 0 Å². The third-order valence-electron chi connectivity index (χ3n) is 0.379. The second-order valence-corrected chi connectivity index (χ2v) is 2.87. The summed E-state index contributed by atoms with van der Waals surface area (Å²) in [6.07, 6.45) is 0.842. The van der Waals surface area contributed by atoms with Crippen LogP contribution in [0, 0.1) is 0 Å². The molecule has 0 saturated carbocycles. The van der Waals surface area contributed by atoms with Crippen molar-refractivity contribution < 1.29 is 9.94 Å². The zero-order valence-electron chi connectivity index (χ0n) is 4.09. The summed E-state index contributed by atoms with van der Waals surface area (Å²) in [6.45, 7) is 2.39. The van der Waals surface area contributed by atoms with Crippen molar-refractivity contribution in [2.75, 3.05) is 6.61 Å². The van der Waals surface area contributed by atoms with Crippen LogP contribution in [0.2, 0.25) is 0 Å². The molecule has 4 heteroatoms. The van der Waals surface area contributed by atoms with Crippen molar-refractivity contribution in [2.24, 2.45) is 0 Å². The van der Waals surface area contributed by atoms with Gasteiger partial charge in [0.15, 0.2) is 0 Å². The van der Waals surface area contributed by atoms with Crippen molar-refractivity contribution in [2.45, 2.75) is 13.3 Å². The summed E-state index contributed by atoms with van der Waals surface area (Å²) in [5.41, 5.74) is 0. The van der Waals surface area contributed by atoms with Gasteiger partial charge in [-0.05, 0) is 0 Å². The van der Waals surface area contributed by atoms with E-state index in [4.69, 9.17) is 6.87 Å². The minimum atomic E-state index is -2.83. The molecule has 0 heterocycles. The molecule has 0 radical (unpaired) electrons. The van der Waals surface area contributed by atoms with Crippen LogP contribution in [0.1, 0.15) is 13.3 Å². The Balaban J connectivity index is 2.68. The van der Waals surface area contributed by atoms with E-state index < -0.39 is 21.1 Å². The molecule has 0 aliphatic heterocycles. The first kappa shape index (κ1) is 7.61. The van der Waals surface area contributed by atoms with Gasteiger partial charge in [0.05, 0.1) is 0 Å². The van der Waals surface area contributed by atoms with Gasteiger partial charge in [-0.3, -0.25) is 0 Å². The molecular weight excluding hydrogens is 211 g/mol. The average molecular weight is 220 g/mol. The number of hydrogen-bond acceptors (Lipinski definition) is 3. The second-order valence-electron chi connectivity index (χ2n) is 1.03. The molecule has 0 aromatic carbocycles. The van der Waals surface area contributed by atoms with Gasteiger partial charge in [-0.25, -0.2) is 0 Å². The molecule has 46 valence electrons. The van der Waals surface area contributed by atoms with Crippen LogP contribution in [0.5, 0.6) is 0 Å². The molecular formula is C3H9IO3. The van der Waals surface area contributed by atoms with Crippen molar-refractivity contribution in [3.05, 3.63) is 0 Å². The Morgan fingerprint density at radius 3 is 2.29 bits per heavy atom. The fourth-order valence-corrected chi connectivity index (χ4v) is 0.980. The average Bonchev–Trinajstić information content (AvgIpc) is 1.61. The van der Waals surface area contributed by atoms with E-state index in [1.165, 1.54) is 0 Å². The number of rotatable bonds is 3. The Labute approximate surface area is 51.3 Å². The predicted octanol–water partition coefficient (Wildman–Crippen LogP) is 0.649. The monoisotopic (exact) mass is 220 g/mol. The van der Waals surface area contributed by atoms with Gasteiger partial charge in [-0.1, -0.05) is 0 Å². The molecule has 0 unspecified atom stereocenters. The first-order valence-electron chi connectivity index (χ1n) is 1.99. The predicted molar refractivity (Wildman–Crippen MR) is 34.7 cm³/mol. The fraction of sp³-hybridized carbons (Fsp3) is 1.00. The van der Waals surface area contributed by atoms with Crippen LogP contribution >= 0.6 is 21.1 Å². The maximum atomic E-state index is 8.17. The first-order valence-corrected chi connectivity index (χ1v) is 4.80. The summed E-state index contributed by atoms with van der Waals surface area (Å²) in [6, 6.07) is 0. The SMILES string of the molecule is CCCOI(O)O. The van der Waals surface area contributed by atoms with E-state index >= 15 is 0 Å². The molecule has 0 saturated heterocycles. The van der Waals surface area contributed by atoms with Gasteiger partial charge in [0, 0.05) is 0 Å². The van der Waals surface area contributed by atoms with Crippen molar-refractivity contribution >= 4 is 21.1 Å². The van der Waals surface area contributed by atoms with Gasteiger partial charge < -0.3 is 0 Å². The van der Waals surface area contributed by atoms with E-state index in [1.807, 2.05) is 6.92 Å². The maximum absolute atomic E-state index is 8.17. The molecule has 0 spiro atoms. The normalized spacial score (nSPS) is 11.6. The van der Waals surface area contributed by atoms with Gasteiger partial charge in [-0.15, -0.1) is 0 Å². The van der Waals surface area contributed by atoms with E-state index in [1.54, 1.807) is 0 Å². The van der Waals surface area contributed by atoms with E-state index in [0.717, 1.165) is 6.42 Å². The molecule has 0 fully saturated rings. The fourth-order valence-electron chi connectivity index (χ4n) is 0.146. The Bertz CT molecular complexity index is 39.2. The molecule has 0 aliphatic rings. The van der Waals surface area contributed by atoms with Crippen LogP contribution < -0.4 is 0 Å². The van der Waals surface area contributed by atoms with Gasteiger partial charge >= 0.3 is 51.0 Å². The van der Waals surface area contributed by atoms with Crippen LogP contribution in [0.15, 0.2) is 0 Å². The third-order valence-corrected chi connectivity index (χ3v) is 1.38. The van der Waals surface area contributed by atoms with Gasteiger partial charge in [0.1, 0.15) is 0 Å². The van der Waals surface area contributed by atoms with Crippen LogP contribution in [-0.4, -0.2) is 13.5 Å². The Morgan fingerprint density at radius 1 is 1.57 bits per heavy atom.